The van der Waals surface area contributed by atoms with E-state index >= 15 is 0 Å². The zero-order chi connectivity index (χ0) is 16.2. The molecule has 0 radical (unpaired) electrons. The van der Waals surface area contributed by atoms with Crippen LogP contribution in [0.25, 0.3) is 0 Å². The summed E-state index contributed by atoms with van der Waals surface area (Å²) >= 11 is 6.19. The largest absolute Gasteiger partial charge is 0.383 e. The average Bonchev–Trinajstić information content (AvgIpc) is 2.51. The molecule has 0 atom stereocenters. The lowest BCUT2D eigenvalue weighted by Gasteiger charge is -2.24. The van der Waals surface area contributed by atoms with Crippen molar-refractivity contribution in [2.45, 2.75) is 11.8 Å². The Morgan fingerprint density at radius 1 is 1.23 bits per heavy atom. The number of pyridine rings is 1. The highest BCUT2D eigenvalue weighted by Gasteiger charge is 2.27. The van der Waals surface area contributed by atoms with Gasteiger partial charge in [-0.15, -0.1) is 0 Å². The highest BCUT2D eigenvalue weighted by atomic mass is 35.5. The van der Waals surface area contributed by atoms with E-state index in [1.807, 2.05) is 0 Å². The number of sulfonamides is 1. The van der Waals surface area contributed by atoms with Gasteiger partial charge in [0.25, 0.3) is 10.0 Å². The summed E-state index contributed by atoms with van der Waals surface area (Å²) in [5.74, 6) is 0. The molecular formula is C15H17ClN2O3S. The molecule has 0 spiro atoms. The Balaban J connectivity index is 2.52. The Kier molecular flexibility index (Phi) is 5.39. The van der Waals surface area contributed by atoms with Gasteiger partial charge in [0.1, 0.15) is 4.90 Å². The molecule has 0 aliphatic rings. The lowest BCUT2D eigenvalue weighted by molar-refractivity contribution is 0.208. The maximum Gasteiger partial charge on any atom is 0.265 e. The van der Waals surface area contributed by atoms with Gasteiger partial charge in [-0.2, -0.15) is 0 Å². The van der Waals surface area contributed by atoms with Crippen LogP contribution in [0, 0.1) is 6.92 Å². The van der Waals surface area contributed by atoms with Gasteiger partial charge in [-0.1, -0.05) is 23.7 Å². The molecule has 1 heterocycles. The van der Waals surface area contributed by atoms with Crippen LogP contribution in [0.1, 0.15) is 5.56 Å². The molecule has 0 saturated carbocycles. The van der Waals surface area contributed by atoms with Crippen LogP contribution in [-0.4, -0.2) is 33.7 Å². The first-order valence-electron chi connectivity index (χ1n) is 6.65. The average molecular weight is 341 g/mol. The summed E-state index contributed by atoms with van der Waals surface area (Å²) in [4.78, 5) is 4.00. The molecule has 0 bridgehead atoms. The minimum Gasteiger partial charge on any atom is -0.383 e. The topological polar surface area (TPSA) is 59.5 Å². The molecule has 1 aromatic heterocycles. The van der Waals surface area contributed by atoms with Crippen molar-refractivity contribution in [3.8, 4) is 0 Å². The van der Waals surface area contributed by atoms with Crippen LogP contribution in [0.4, 0.5) is 5.69 Å². The van der Waals surface area contributed by atoms with Gasteiger partial charge in [-0.3, -0.25) is 9.29 Å². The molecule has 0 aliphatic heterocycles. The maximum atomic E-state index is 13.0. The van der Waals surface area contributed by atoms with Gasteiger partial charge in [-0.05, 0) is 30.7 Å². The Morgan fingerprint density at radius 2 is 1.91 bits per heavy atom. The van der Waals surface area contributed by atoms with Gasteiger partial charge in [0, 0.05) is 19.5 Å². The van der Waals surface area contributed by atoms with Crippen molar-refractivity contribution in [3.63, 3.8) is 0 Å². The molecule has 2 aromatic rings. The summed E-state index contributed by atoms with van der Waals surface area (Å²) in [7, 11) is -2.26. The number of anilines is 1. The number of ether oxygens (including phenoxy) is 1. The van der Waals surface area contributed by atoms with Gasteiger partial charge in [0.2, 0.25) is 0 Å². The molecule has 1 aromatic carbocycles. The molecule has 22 heavy (non-hydrogen) atoms. The SMILES string of the molecule is COCCN(c1ccncc1)S(=O)(=O)c1cccc(C)c1Cl. The minimum absolute atomic E-state index is 0.0853. The van der Waals surface area contributed by atoms with Crippen molar-refractivity contribution < 1.29 is 13.2 Å². The monoisotopic (exact) mass is 340 g/mol. The Morgan fingerprint density at radius 3 is 2.55 bits per heavy atom. The fourth-order valence-corrected chi connectivity index (χ4v) is 4.02. The van der Waals surface area contributed by atoms with Crippen LogP contribution in [0.3, 0.4) is 0 Å². The zero-order valence-corrected chi connectivity index (χ0v) is 13.9. The van der Waals surface area contributed by atoms with Crippen LogP contribution < -0.4 is 4.31 Å². The molecule has 2 rings (SSSR count). The van der Waals surface area contributed by atoms with Crippen LogP contribution >= 0.6 is 11.6 Å². The Labute approximate surface area is 135 Å². The maximum absolute atomic E-state index is 13.0. The number of nitrogens with zero attached hydrogens (tertiary/aromatic N) is 2. The summed E-state index contributed by atoms with van der Waals surface area (Å²) in [6.45, 7) is 2.23. The second kappa shape index (κ2) is 7.09. The van der Waals surface area contributed by atoms with E-state index in [0.29, 0.717) is 11.3 Å². The molecule has 7 heteroatoms. The number of benzene rings is 1. The fourth-order valence-electron chi connectivity index (χ4n) is 2.01. The second-order valence-corrected chi connectivity index (χ2v) is 6.87. The second-order valence-electron chi connectivity index (χ2n) is 4.66. The van der Waals surface area contributed by atoms with E-state index in [0.717, 1.165) is 0 Å². The predicted molar refractivity (Wildman–Crippen MR) is 86.8 cm³/mol. The van der Waals surface area contributed by atoms with Gasteiger partial charge in [0.05, 0.1) is 23.9 Å². The van der Waals surface area contributed by atoms with Gasteiger partial charge >= 0.3 is 0 Å². The molecule has 0 unspecified atom stereocenters. The molecule has 0 fully saturated rings. The fraction of sp³-hybridized carbons (Fsp3) is 0.267. The lowest BCUT2D eigenvalue weighted by Crippen LogP contribution is -2.34. The standard InChI is InChI=1S/C15H17ClN2O3S/c1-12-4-3-5-14(15(12)16)22(19,20)18(10-11-21-2)13-6-8-17-9-7-13/h3-9H,10-11H2,1-2H3. The summed E-state index contributed by atoms with van der Waals surface area (Å²) < 4.78 is 32.3. The van der Waals surface area contributed by atoms with E-state index in [9.17, 15) is 8.42 Å². The summed E-state index contributed by atoms with van der Waals surface area (Å²) in [6, 6.07) is 8.22. The number of rotatable bonds is 6. The van der Waals surface area contributed by atoms with Crippen molar-refractivity contribution in [1.29, 1.82) is 0 Å². The smallest absolute Gasteiger partial charge is 0.265 e. The quantitative estimate of drug-likeness (QED) is 0.811. The van der Waals surface area contributed by atoms with E-state index in [1.165, 1.54) is 17.5 Å². The first-order valence-corrected chi connectivity index (χ1v) is 8.47. The highest BCUT2D eigenvalue weighted by molar-refractivity contribution is 7.93. The minimum atomic E-state index is -3.79. The van der Waals surface area contributed by atoms with Crippen LogP contribution in [0.15, 0.2) is 47.6 Å². The normalized spacial score (nSPS) is 11.4. The van der Waals surface area contributed by atoms with Crippen LogP contribution in [-0.2, 0) is 14.8 Å². The lowest BCUT2D eigenvalue weighted by atomic mass is 10.2. The number of aryl methyl sites for hydroxylation is 1. The Hall–Kier alpha value is -1.63. The number of hydrogen-bond acceptors (Lipinski definition) is 4. The van der Waals surface area contributed by atoms with Crippen molar-refractivity contribution in [2.75, 3.05) is 24.6 Å². The molecular weight excluding hydrogens is 324 g/mol. The van der Waals surface area contributed by atoms with Crippen molar-refractivity contribution in [3.05, 3.63) is 53.3 Å². The summed E-state index contributed by atoms with van der Waals surface area (Å²) in [5.41, 5.74) is 1.23. The third-order valence-electron chi connectivity index (χ3n) is 3.17. The number of hydrogen-bond donors (Lipinski definition) is 0. The molecule has 0 amide bonds. The van der Waals surface area contributed by atoms with Crippen molar-refractivity contribution in [2.24, 2.45) is 0 Å². The van der Waals surface area contributed by atoms with E-state index in [1.54, 1.807) is 43.6 Å². The van der Waals surface area contributed by atoms with E-state index in [2.05, 4.69) is 4.98 Å². The van der Waals surface area contributed by atoms with Crippen LogP contribution in [0.2, 0.25) is 5.02 Å². The summed E-state index contributed by atoms with van der Waals surface area (Å²) in [6.07, 6.45) is 3.09. The first kappa shape index (κ1) is 16.7. The molecule has 0 N–H and O–H groups in total. The van der Waals surface area contributed by atoms with E-state index in [-0.39, 0.29) is 23.1 Å². The number of methoxy groups -OCH3 is 1. The van der Waals surface area contributed by atoms with Gasteiger partial charge in [-0.25, -0.2) is 8.42 Å². The molecule has 118 valence electrons. The van der Waals surface area contributed by atoms with Crippen LogP contribution in [0.5, 0.6) is 0 Å². The predicted octanol–water partition coefficient (Wildman–Crippen LogP) is 2.89. The molecule has 0 saturated heterocycles. The highest BCUT2D eigenvalue weighted by Crippen LogP contribution is 2.30. The van der Waals surface area contributed by atoms with Crippen molar-refractivity contribution >= 4 is 27.3 Å². The van der Waals surface area contributed by atoms with Gasteiger partial charge in [0.15, 0.2) is 0 Å². The Bertz CT molecular complexity index is 736. The first-order chi connectivity index (χ1) is 10.5. The zero-order valence-electron chi connectivity index (χ0n) is 12.4. The van der Waals surface area contributed by atoms with Gasteiger partial charge < -0.3 is 4.74 Å². The third kappa shape index (κ3) is 3.40. The number of halogens is 1. The van der Waals surface area contributed by atoms with E-state index in [4.69, 9.17) is 16.3 Å². The molecule has 0 aliphatic carbocycles. The van der Waals surface area contributed by atoms with E-state index < -0.39 is 10.0 Å². The van der Waals surface area contributed by atoms with Crippen molar-refractivity contribution in [1.82, 2.24) is 4.98 Å². The number of aromatic nitrogens is 1. The third-order valence-corrected chi connectivity index (χ3v) is 5.66. The summed E-state index contributed by atoms with van der Waals surface area (Å²) in [5, 5.41) is 0.235. The molecule has 5 nitrogen and oxygen atoms in total.